The minimum atomic E-state index is -0.499. The highest BCUT2D eigenvalue weighted by atomic mass is 16.5. The number of rotatable bonds is 6. The second-order valence-corrected chi connectivity index (χ2v) is 5.09. The molecule has 106 valence electrons. The molecule has 0 bridgehead atoms. The zero-order valence-electron chi connectivity index (χ0n) is 12.2. The van der Waals surface area contributed by atoms with Gasteiger partial charge in [0.2, 0.25) is 5.91 Å². The van der Waals surface area contributed by atoms with Crippen LogP contribution in [0.25, 0.3) is 0 Å². The third-order valence-electron chi connectivity index (χ3n) is 3.74. The van der Waals surface area contributed by atoms with E-state index in [9.17, 15) is 4.79 Å². The van der Waals surface area contributed by atoms with Crippen LogP contribution in [0.1, 0.15) is 38.8 Å². The molecule has 4 nitrogen and oxygen atoms in total. The third-order valence-corrected chi connectivity index (χ3v) is 3.74. The van der Waals surface area contributed by atoms with Crippen LogP contribution in [0, 0.1) is 5.41 Å². The van der Waals surface area contributed by atoms with Gasteiger partial charge < -0.3 is 15.8 Å². The molecule has 1 aromatic rings. The maximum atomic E-state index is 12.2. The molecule has 0 saturated carbocycles. The fraction of sp³-hybridized carbons (Fsp3) is 0.533. The molecule has 1 rings (SSSR count). The van der Waals surface area contributed by atoms with E-state index in [-0.39, 0.29) is 11.9 Å². The van der Waals surface area contributed by atoms with E-state index in [4.69, 9.17) is 10.5 Å². The minimum absolute atomic E-state index is 0.000757. The summed E-state index contributed by atoms with van der Waals surface area (Å²) in [4.78, 5) is 12.2. The Kier molecular flexibility index (Phi) is 5.36. The maximum absolute atomic E-state index is 12.2. The monoisotopic (exact) mass is 264 g/mol. The average Bonchev–Trinajstić information content (AvgIpc) is 2.46. The van der Waals surface area contributed by atoms with Crippen LogP contribution in [-0.4, -0.2) is 19.6 Å². The molecule has 3 N–H and O–H groups in total. The number of benzene rings is 1. The van der Waals surface area contributed by atoms with Crippen molar-refractivity contribution in [1.82, 2.24) is 5.32 Å². The number of hydrogen-bond acceptors (Lipinski definition) is 3. The molecule has 0 aliphatic rings. The van der Waals surface area contributed by atoms with Crippen molar-refractivity contribution < 1.29 is 9.53 Å². The molecule has 19 heavy (non-hydrogen) atoms. The van der Waals surface area contributed by atoms with E-state index < -0.39 is 5.41 Å². The van der Waals surface area contributed by atoms with Crippen LogP contribution < -0.4 is 15.8 Å². The number of nitrogens with two attached hydrogens (primary N) is 1. The molecule has 4 heteroatoms. The molecule has 0 saturated heterocycles. The molecule has 0 aliphatic carbocycles. The van der Waals surface area contributed by atoms with Crippen molar-refractivity contribution in [2.75, 3.05) is 13.7 Å². The number of methoxy groups -OCH3 is 1. The molecule has 1 unspecified atom stereocenters. The van der Waals surface area contributed by atoms with E-state index >= 15 is 0 Å². The number of carbonyl (C=O) groups excluding carboxylic acids is 1. The number of carbonyl (C=O) groups is 1. The summed E-state index contributed by atoms with van der Waals surface area (Å²) in [6.07, 6.45) is 0.727. The molecule has 0 radical (unpaired) electrons. The summed E-state index contributed by atoms with van der Waals surface area (Å²) >= 11 is 0. The van der Waals surface area contributed by atoms with Crippen molar-refractivity contribution in [2.45, 2.75) is 33.2 Å². The molecule has 0 aliphatic heterocycles. The van der Waals surface area contributed by atoms with Crippen molar-refractivity contribution in [2.24, 2.45) is 11.1 Å². The Balaban J connectivity index is 2.73. The number of nitrogens with one attached hydrogen (secondary N) is 1. The molecule has 0 spiro atoms. The van der Waals surface area contributed by atoms with Gasteiger partial charge in [-0.2, -0.15) is 0 Å². The summed E-state index contributed by atoms with van der Waals surface area (Å²) in [6, 6.07) is 7.64. The van der Waals surface area contributed by atoms with Crippen LogP contribution in [0.5, 0.6) is 5.75 Å². The van der Waals surface area contributed by atoms with E-state index in [0.717, 1.165) is 17.7 Å². The second kappa shape index (κ2) is 6.57. The maximum Gasteiger partial charge on any atom is 0.227 e. The summed E-state index contributed by atoms with van der Waals surface area (Å²) in [5.74, 6) is 0.809. The smallest absolute Gasteiger partial charge is 0.227 e. The number of amides is 1. The molecule has 0 heterocycles. The second-order valence-electron chi connectivity index (χ2n) is 5.09. The van der Waals surface area contributed by atoms with Crippen molar-refractivity contribution in [1.29, 1.82) is 0 Å². The fourth-order valence-electron chi connectivity index (χ4n) is 1.74. The average molecular weight is 264 g/mol. The van der Waals surface area contributed by atoms with Crippen molar-refractivity contribution in [3.63, 3.8) is 0 Å². The van der Waals surface area contributed by atoms with Gasteiger partial charge >= 0.3 is 0 Å². The van der Waals surface area contributed by atoms with Gasteiger partial charge in [0, 0.05) is 6.54 Å². The molecule has 0 aromatic heterocycles. The van der Waals surface area contributed by atoms with Gasteiger partial charge in [0.25, 0.3) is 0 Å². The molecule has 1 amide bonds. The first-order valence-corrected chi connectivity index (χ1v) is 6.62. The van der Waals surface area contributed by atoms with Gasteiger partial charge in [-0.25, -0.2) is 0 Å². The van der Waals surface area contributed by atoms with Crippen molar-refractivity contribution in [3.8, 4) is 5.75 Å². The van der Waals surface area contributed by atoms with Gasteiger partial charge in [0.15, 0.2) is 0 Å². The standard InChI is InChI=1S/C15H24N2O2/c1-5-15(3,10-16)14(18)17-11(2)12-6-8-13(19-4)9-7-12/h6-9,11H,5,10,16H2,1-4H3,(H,17,18)/t11-,15?/m1/s1. The minimum Gasteiger partial charge on any atom is -0.497 e. The SMILES string of the molecule is CCC(C)(CN)C(=O)N[C@H](C)c1ccc(OC)cc1. The normalized spacial score (nSPS) is 15.4. The van der Waals surface area contributed by atoms with Gasteiger partial charge in [-0.15, -0.1) is 0 Å². The highest BCUT2D eigenvalue weighted by molar-refractivity contribution is 5.82. The Morgan fingerprint density at radius 3 is 2.42 bits per heavy atom. The lowest BCUT2D eigenvalue weighted by Gasteiger charge is -2.27. The zero-order valence-corrected chi connectivity index (χ0v) is 12.2. The Bertz CT molecular complexity index is 411. The highest BCUT2D eigenvalue weighted by Gasteiger charge is 2.30. The van der Waals surface area contributed by atoms with Crippen LogP contribution in [-0.2, 0) is 4.79 Å². The van der Waals surface area contributed by atoms with Crippen LogP contribution in [0.4, 0.5) is 0 Å². The van der Waals surface area contributed by atoms with Crippen molar-refractivity contribution in [3.05, 3.63) is 29.8 Å². The summed E-state index contributed by atoms with van der Waals surface area (Å²) < 4.78 is 5.12. The highest BCUT2D eigenvalue weighted by Crippen LogP contribution is 2.22. The van der Waals surface area contributed by atoms with Gasteiger partial charge in [-0.3, -0.25) is 4.79 Å². The van der Waals surface area contributed by atoms with Gasteiger partial charge in [0.05, 0.1) is 18.6 Å². The lowest BCUT2D eigenvalue weighted by molar-refractivity contribution is -0.130. The molecule has 2 atom stereocenters. The van der Waals surface area contributed by atoms with E-state index in [2.05, 4.69) is 5.32 Å². The van der Waals surface area contributed by atoms with E-state index in [1.165, 1.54) is 0 Å². The Morgan fingerprint density at radius 1 is 1.42 bits per heavy atom. The predicted molar refractivity (Wildman–Crippen MR) is 77.0 cm³/mol. The van der Waals surface area contributed by atoms with E-state index in [1.54, 1.807) is 7.11 Å². The lowest BCUT2D eigenvalue weighted by Crippen LogP contribution is -2.44. The van der Waals surface area contributed by atoms with Crippen molar-refractivity contribution >= 4 is 5.91 Å². The first-order chi connectivity index (χ1) is 8.96. The molecular weight excluding hydrogens is 240 g/mol. The van der Waals surface area contributed by atoms with E-state index in [1.807, 2.05) is 45.0 Å². The molecule has 1 aromatic carbocycles. The quantitative estimate of drug-likeness (QED) is 0.828. The topological polar surface area (TPSA) is 64.4 Å². The molecular formula is C15H24N2O2. The first kappa shape index (κ1) is 15.5. The van der Waals surface area contributed by atoms with Gasteiger partial charge in [0.1, 0.15) is 5.75 Å². The lowest BCUT2D eigenvalue weighted by atomic mass is 9.86. The largest absolute Gasteiger partial charge is 0.497 e. The predicted octanol–water partition coefficient (Wildman–Crippen LogP) is 2.25. The summed E-state index contributed by atoms with van der Waals surface area (Å²) in [5.41, 5.74) is 6.24. The van der Waals surface area contributed by atoms with Gasteiger partial charge in [-0.05, 0) is 38.0 Å². The summed E-state index contributed by atoms with van der Waals surface area (Å²) in [7, 11) is 1.63. The number of ether oxygens (including phenoxy) is 1. The fourth-order valence-corrected chi connectivity index (χ4v) is 1.74. The Morgan fingerprint density at radius 2 is 2.00 bits per heavy atom. The zero-order chi connectivity index (χ0) is 14.5. The number of hydrogen-bond donors (Lipinski definition) is 2. The van der Waals surface area contributed by atoms with Crippen LogP contribution in [0.2, 0.25) is 0 Å². The first-order valence-electron chi connectivity index (χ1n) is 6.62. The summed E-state index contributed by atoms with van der Waals surface area (Å²) in [5, 5.41) is 3.02. The van der Waals surface area contributed by atoms with Crippen LogP contribution in [0.15, 0.2) is 24.3 Å². The van der Waals surface area contributed by atoms with Gasteiger partial charge in [-0.1, -0.05) is 19.1 Å². The summed E-state index contributed by atoms with van der Waals surface area (Å²) in [6.45, 7) is 6.19. The Labute approximate surface area is 115 Å². The van der Waals surface area contributed by atoms with Crippen LogP contribution >= 0.6 is 0 Å². The van der Waals surface area contributed by atoms with E-state index in [0.29, 0.717) is 6.54 Å². The molecule has 0 fully saturated rings. The Hall–Kier alpha value is -1.55. The third kappa shape index (κ3) is 3.70. The van der Waals surface area contributed by atoms with Crippen LogP contribution in [0.3, 0.4) is 0 Å².